The first-order valence-corrected chi connectivity index (χ1v) is 9.62. The molecular formula is C15H11F5N2O3S2. The molecule has 2 rings (SSSR count). The van der Waals surface area contributed by atoms with Gasteiger partial charge in [0.2, 0.25) is 15.7 Å². The standard InChI is InChI=1S/C15H11F5N2O3S2/c16-14(17)27(24,25)11-4-2-1-3-10(11)22-12(23)8-26-13-6-5-9(7-21-13)15(18,19)20/h1-7,14H,8H2,(H,22,23). The average molecular weight is 426 g/mol. The molecule has 0 atom stereocenters. The van der Waals surface area contributed by atoms with Gasteiger partial charge in [-0.05, 0) is 24.3 Å². The molecule has 0 fully saturated rings. The molecule has 0 saturated heterocycles. The second kappa shape index (κ2) is 8.21. The Kier molecular flexibility index (Phi) is 6.42. The smallest absolute Gasteiger partial charge is 0.324 e. The van der Waals surface area contributed by atoms with Gasteiger partial charge in [0.15, 0.2) is 0 Å². The number of aromatic nitrogens is 1. The number of thioether (sulfide) groups is 1. The van der Waals surface area contributed by atoms with Crippen molar-refractivity contribution < 1.29 is 35.2 Å². The molecule has 146 valence electrons. The normalized spacial score (nSPS) is 12.2. The fourth-order valence-corrected chi connectivity index (χ4v) is 3.40. The van der Waals surface area contributed by atoms with Crippen molar-refractivity contribution in [1.82, 2.24) is 4.98 Å². The van der Waals surface area contributed by atoms with Gasteiger partial charge in [0.05, 0.1) is 26.9 Å². The van der Waals surface area contributed by atoms with E-state index in [1.165, 1.54) is 12.1 Å². The summed E-state index contributed by atoms with van der Waals surface area (Å²) >= 11 is 0.799. The lowest BCUT2D eigenvalue weighted by Gasteiger charge is -2.11. The summed E-state index contributed by atoms with van der Waals surface area (Å²) in [6.07, 6.45) is -3.92. The topological polar surface area (TPSA) is 76.1 Å². The van der Waals surface area contributed by atoms with Gasteiger partial charge < -0.3 is 5.32 Å². The van der Waals surface area contributed by atoms with Crippen molar-refractivity contribution in [2.75, 3.05) is 11.1 Å². The van der Waals surface area contributed by atoms with Crippen LogP contribution in [0, 0.1) is 0 Å². The Morgan fingerprint density at radius 1 is 1.15 bits per heavy atom. The molecule has 1 heterocycles. The zero-order chi connectivity index (χ0) is 20.2. The Bertz CT molecular complexity index is 916. The number of pyridine rings is 1. The highest BCUT2D eigenvalue weighted by atomic mass is 32.2. The first kappa shape index (κ1) is 21.1. The molecule has 2 aromatic rings. The van der Waals surface area contributed by atoms with Gasteiger partial charge >= 0.3 is 11.9 Å². The SMILES string of the molecule is O=C(CSc1ccc(C(F)(F)F)cn1)Nc1ccccc1S(=O)(=O)C(F)F. The zero-order valence-electron chi connectivity index (χ0n) is 13.2. The number of carbonyl (C=O) groups excluding carboxylic acids is 1. The summed E-state index contributed by atoms with van der Waals surface area (Å²) in [5.74, 6) is -4.71. The molecule has 0 radical (unpaired) electrons. The molecule has 1 aromatic carbocycles. The Morgan fingerprint density at radius 2 is 1.81 bits per heavy atom. The van der Waals surface area contributed by atoms with Gasteiger partial charge in [0.25, 0.3) is 0 Å². The molecule has 0 aliphatic rings. The third kappa shape index (κ3) is 5.39. The maximum Gasteiger partial charge on any atom is 0.417 e. The Labute approximate surface area is 154 Å². The number of halogens is 5. The summed E-state index contributed by atoms with van der Waals surface area (Å²) in [5.41, 5.74) is -1.26. The summed E-state index contributed by atoms with van der Waals surface area (Å²) in [6, 6.07) is 6.54. The van der Waals surface area contributed by atoms with Crippen LogP contribution in [-0.4, -0.2) is 30.8 Å². The molecule has 1 aromatic heterocycles. The third-order valence-electron chi connectivity index (χ3n) is 3.12. The van der Waals surface area contributed by atoms with E-state index in [9.17, 15) is 35.2 Å². The number of hydrogen-bond donors (Lipinski definition) is 1. The first-order chi connectivity index (χ1) is 12.5. The minimum absolute atomic E-state index is 0.131. The highest BCUT2D eigenvalue weighted by Crippen LogP contribution is 2.30. The van der Waals surface area contributed by atoms with Crippen molar-refractivity contribution in [3.63, 3.8) is 0 Å². The van der Waals surface area contributed by atoms with Crippen molar-refractivity contribution in [1.29, 1.82) is 0 Å². The van der Waals surface area contributed by atoms with Gasteiger partial charge in [-0.3, -0.25) is 4.79 Å². The van der Waals surface area contributed by atoms with Crippen LogP contribution in [-0.2, 0) is 20.8 Å². The van der Waals surface area contributed by atoms with E-state index in [1.54, 1.807) is 0 Å². The number of amides is 1. The van der Waals surface area contributed by atoms with Gasteiger partial charge in [0, 0.05) is 6.20 Å². The third-order valence-corrected chi connectivity index (χ3v) is 5.50. The number of anilines is 1. The summed E-state index contributed by atoms with van der Waals surface area (Å²) in [5, 5.41) is 2.33. The van der Waals surface area contributed by atoms with Gasteiger partial charge in [-0.15, -0.1) is 0 Å². The van der Waals surface area contributed by atoms with Crippen molar-refractivity contribution in [3.8, 4) is 0 Å². The molecule has 0 bridgehead atoms. The van der Waals surface area contributed by atoms with Crippen LogP contribution in [0.3, 0.4) is 0 Å². The molecule has 0 aliphatic heterocycles. The van der Waals surface area contributed by atoms with Crippen molar-refractivity contribution >= 4 is 33.2 Å². The minimum atomic E-state index is -4.91. The monoisotopic (exact) mass is 426 g/mol. The largest absolute Gasteiger partial charge is 0.417 e. The molecule has 0 unspecified atom stereocenters. The van der Waals surface area contributed by atoms with Crippen LogP contribution >= 0.6 is 11.8 Å². The number of nitrogens with one attached hydrogen (secondary N) is 1. The van der Waals surface area contributed by atoms with E-state index in [0.29, 0.717) is 6.20 Å². The Hall–Kier alpha value is -2.21. The molecule has 0 spiro atoms. The van der Waals surface area contributed by atoms with E-state index < -0.39 is 38.1 Å². The number of rotatable bonds is 6. The van der Waals surface area contributed by atoms with E-state index in [1.807, 2.05) is 0 Å². The Morgan fingerprint density at radius 3 is 2.37 bits per heavy atom. The highest BCUT2D eigenvalue weighted by Gasteiger charge is 2.31. The molecule has 27 heavy (non-hydrogen) atoms. The predicted octanol–water partition coefficient (Wildman–Crippen LogP) is 3.83. The van der Waals surface area contributed by atoms with Crippen LogP contribution in [0.5, 0.6) is 0 Å². The zero-order valence-corrected chi connectivity index (χ0v) is 14.8. The van der Waals surface area contributed by atoms with Crippen LogP contribution in [0.4, 0.5) is 27.6 Å². The molecular weight excluding hydrogens is 415 g/mol. The summed E-state index contributed by atoms with van der Waals surface area (Å²) in [7, 11) is -4.91. The van der Waals surface area contributed by atoms with Crippen molar-refractivity contribution in [3.05, 3.63) is 48.2 Å². The quantitative estimate of drug-likeness (QED) is 0.561. The van der Waals surface area contributed by atoms with Gasteiger partial charge in [-0.2, -0.15) is 22.0 Å². The van der Waals surface area contributed by atoms with Crippen LogP contribution < -0.4 is 5.32 Å². The molecule has 1 amide bonds. The highest BCUT2D eigenvalue weighted by molar-refractivity contribution is 7.99. The molecule has 5 nitrogen and oxygen atoms in total. The summed E-state index contributed by atoms with van der Waals surface area (Å²) in [4.78, 5) is 14.8. The van der Waals surface area contributed by atoms with Gasteiger partial charge in [0.1, 0.15) is 0 Å². The van der Waals surface area contributed by atoms with Crippen molar-refractivity contribution in [2.24, 2.45) is 0 Å². The summed E-state index contributed by atoms with van der Waals surface area (Å²) < 4.78 is 86.0. The summed E-state index contributed by atoms with van der Waals surface area (Å²) in [6.45, 7) is 0. The second-order valence-corrected chi connectivity index (χ2v) is 7.90. The fraction of sp³-hybridized carbons (Fsp3) is 0.200. The van der Waals surface area contributed by atoms with Gasteiger partial charge in [-0.1, -0.05) is 23.9 Å². The van der Waals surface area contributed by atoms with E-state index in [4.69, 9.17) is 0 Å². The lowest BCUT2D eigenvalue weighted by molar-refractivity contribution is -0.137. The maximum atomic E-state index is 12.7. The number of nitrogens with zero attached hydrogens (tertiary/aromatic N) is 1. The van der Waals surface area contributed by atoms with Crippen LogP contribution in [0.25, 0.3) is 0 Å². The van der Waals surface area contributed by atoms with Crippen LogP contribution in [0.1, 0.15) is 5.56 Å². The number of sulfone groups is 1. The number of hydrogen-bond acceptors (Lipinski definition) is 5. The fourth-order valence-electron chi connectivity index (χ4n) is 1.87. The molecule has 12 heteroatoms. The number of benzene rings is 1. The number of alkyl halides is 5. The predicted molar refractivity (Wildman–Crippen MR) is 88.2 cm³/mol. The maximum absolute atomic E-state index is 12.7. The van der Waals surface area contributed by atoms with Gasteiger partial charge in [-0.25, -0.2) is 13.4 Å². The Balaban J connectivity index is 2.05. The van der Waals surface area contributed by atoms with Crippen molar-refractivity contribution in [2.45, 2.75) is 21.9 Å². The minimum Gasteiger partial charge on any atom is -0.324 e. The van der Waals surface area contributed by atoms with E-state index in [0.717, 1.165) is 36.0 Å². The lowest BCUT2D eigenvalue weighted by atomic mass is 10.3. The molecule has 0 saturated carbocycles. The lowest BCUT2D eigenvalue weighted by Crippen LogP contribution is -2.19. The van der Waals surface area contributed by atoms with E-state index in [2.05, 4.69) is 10.3 Å². The molecule has 1 N–H and O–H groups in total. The first-order valence-electron chi connectivity index (χ1n) is 7.09. The molecule has 0 aliphatic carbocycles. The average Bonchev–Trinajstić information content (AvgIpc) is 2.60. The second-order valence-electron chi connectivity index (χ2n) is 5.02. The van der Waals surface area contributed by atoms with E-state index >= 15 is 0 Å². The van der Waals surface area contributed by atoms with Crippen LogP contribution in [0.2, 0.25) is 0 Å². The van der Waals surface area contributed by atoms with Crippen LogP contribution in [0.15, 0.2) is 52.5 Å². The number of para-hydroxylation sites is 1. The number of carbonyl (C=O) groups is 1. The van der Waals surface area contributed by atoms with E-state index in [-0.39, 0.29) is 16.5 Å².